The average Bonchev–Trinajstić information content (AvgIpc) is 2.85. The first-order valence-electron chi connectivity index (χ1n) is 5.84. The summed E-state index contributed by atoms with van der Waals surface area (Å²) >= 11 is 6.46. The topological polar surface area (TPSA) is 50.9 Å². The monoisotopic (exact) mass is 303 g/mol. The van der Waals surface area contributed by atoms with E-state index in [1.807, 2.05) is 18.2 Å². The van der Waals surface area contributed by atoms with Crippen LogP contribution in [0, 0.1) is 5.82 Å². The molecule has 2 aromatic carbocycles. The van der Waals surface area contributed by atoms with Gasteiger partial charge in [-0.1, -0.05) is 18.3 Å². The Labute approximate surface area is 124 Å². The fraction of sp³-hybridized carbons (Fsp3) is 0. The molecule has 0 saturated carbocycles. The van der Waals surface area contributed by atoms with Crippen LogP contribution in [0.25, 0.3) is 10.2 Å². The van der Waals surface area contributed by atoms with Crippen LogP contribution in [-0.2, 0) is 0 Å². The fourth-order valence-corrected chi connectivity index (χ4v) is 2.89. The number of anilines is 2. The lowest BCUT2D eigenvalue weighted by atomic mass is 10.1. The molecule has 6 heteroatoms. The van der Waals surface area contributed by atoms with E-state index < -0.39 is 5.82 Å². The zero-order valence-corrected chi connectivity index (χ0v) is 11.9. The molecule has 100 valence electrons. The number of fused-ring (bicyclic) bond motifs is 1. The second kappa shape index (κ2) is 5.15. The minimum atomic E-state index is -0.429. The van der Waals surface area contributed by atoms with Crippen LogP contribution in [0.4, 0.5) is 15.8 Å². The van der Waals surface area contributed by atoms with Gasteiger partial charge < -0.3 is 11.1 Å². The SMILES string of the molecule is NC(=S)c1c(F)cccc1Nc1ccc2ncsc2c1. The van der Waals surface area contributed by atoms with Crippen LogP contribution in [0.1, 0.15) is 5.56 Å². The molecule has 0 aliphatic carbocycles. The number of nitrogens with one attached hydrogen (secondary N) is 1. The van der Waals surface area contributed by atoms with Crippen molar-refractivity contribution in [1.82, 2.24) is 4.98 Å². The van der Waals surface area contributed by atoms with Gasteiger partial charge in [0.15, 0.2) is 0 Å². The van der Waals surface area contributed by atoms with E-state index in [0.29, 0.717) is 5.69 Å². The van der Waals surface area contributed by atoms with Crippen LogP contribution in [0.15, 0.2) is 41.9 Å². The van der Waals surface area contributed by atoms with Gasteiger partial charge in [0.2, 0.25) is 0 Å². The number of nitrogens with zero attached hydrogens (tertiary/aromatic N) is 1. The van der Waals surface area contributed by atoms with E-state index in [4.69, 9.17) is 18.0 Å². The van der Waals surface area contributed by atoms with Crippen LogP contribution in [0.5, 0.6) is 0 Å². The average molecular weight is 303 g/mol. The third-order valence-corrected chi connectivity index (χ3v) is 3.87. The Kier molecular flexibility index (Phi) is 3.33. The summed E-state index contributed by atoms with van der Waals surface area (Å²) in [5.74, 6) is -0.429. The number of thiazole rings is 1. The van der Waals surface area contributed by atoms with E-state index in [-0.39, 0.29) is 10.6 Å². The molecule has 20 heavy (non-hydrogen) atoms. The third kappa shape index (κ3) is 2.35. The van der Waals surface area contributed by atoms with E-state index in [1.54, 1.807) is 29.0 Å². The lowest BCUT2D eigenvalue weighted by molar-refractivity contribution is 0.626. The Morgan fingerprint density at radius 2 is 2.15 bits per heavy atom. The van der Waals surface area contributed by atoms with E-state index in [1.165, 1.54) is 6.07 Å². The van der Waals surface area contributed by atoms with Gasteiger partial charge in [-0.25, -0.2) is 9.37 Å². The Morgan fingerprint density at radius 1 is 1.30 bits per heavy atom. The third-order valence-electron chi connectivity index (χ3n) is 2.87. The quantitative estimate of drug-likeness (QED) is 0.722. The molecule has 0 amide bonds. The molecule has 0 aliphatic rings. The van der Waals surface area contributed by atoms with Gasteiger partial charge in [-0.3, -0.25) is 0 Å². The van der Waals surface area contributed by atoms with Crippen molar-refractivity contribution in [1.29, 1.82) is 0 Å². The predicted octanol–water partition coefficient (Wildman–Crippen LogP) is 3.81. The number of benzene rings is 2. The van der Waals surface area contributed by atoms with Gasteiger partial charge in [-0.2, -0.15) is 0 Å². The molecule has 0 spiro atoms. The first-order chi connectivity index (χ1) is 9.65. The van der Waals surface area contributed by atoms with Gasteiger partial charge in [-0.05, 0) is 30.3 Å². The molecule has 0 bridgehead atoms. The molecule has 0 radical (unpaired) electrons. The summed E-state index contributed by atoms with van der Waals surface area (Å²) in [7, 11) is 0. The molecule has 3 nitrogen and oxygen atoms in total. The van der Waals surface area contributed by atoms with Crippen molar-refractivity contribution in [3.63, 3.8) is 0 Å². The molecule has 3 rings (SSSR count). The number of hydrogen-bond donors (Lipinski definition) is 2. The lowest BCUT2D eigenvalue weighted by Crippen LogP contribution is -2.14. The van der Waals surface area contributed by atoms with Crippen LogP contribution < -0.4 is 11.1 Å². The maximum atomic E-state index is 13.8. The minimum absolute atomic E-state index is 0.0319. The summed E-state index contributed by atoms with van der Waals surface area (Å²) < 4.78 is 14.9. The van der Waals surface area contributed by atoms with Gasteiger partial charge in [-0.15, -0.1) is 11.3 Å². The van der Waals surface area contributed by atoms with Gasteiger partial charge in [0, 0.05) is 5.69 Å². The van der Waals surface area contributed by atoms with Crippen LogP contribution in [0.2, 0.25) is 0 Å². The zero-order chi connectivity index (χ0) is 14.1. The number of nitrogens with two attached hydrogens (primary N) is 1. The molecule has 3 N–H and O–H groups in total. The number of thiocarbonyl (C=S) groups is 1. The molecule has 0 aliphatic heterocycles. The van der Waals surface area contributed by atoms with Crippen molar-refractivity contribution in [2.75, 3.05) is 5.32 Å². The van der Waals surface area contributed by atoms with Crippen molar-refractivity contribution >= 4 is 50.1 Å². The Balaban J connectivity index is 2.02. The van der Waals surface area contributed by atoms with Gasteiger partial charge in [0.25, 0.3) is 0 Å². The van der Waals surface area contributed by atoms with Crippen molar-refractivity contribution in [2.45, 2.75) is 0 Å². The normalized spacial score (nSPS) is 10.7. The standard InChI is InChI=1S/C14H10FN3S2/c15-9-2-1-3-11(13(9)14(16)19)18-8-4-5-10-12(6-8)20-7-17-10/h1-7,18H,(H2,16,19). The highest BCUT2D eigenvalue weighted by atomic mass is 32.1. The fourth-order valence-electron chi connectivity index (χ4n) is 1.97. The Morgan fingerprint density at radius 3 is 2.95 bits per heavy atom. The Hall–Kier alpha value is -2.05. The smallest absolute Gasteiger partial charge is 0.135 e. The summed E-state index contributed by atoms with van der Waals surface area (Å²) in [4.78, 5) is 4.25. The number of aromatic nitrogens is 1. The lowest BCUT2D eigenvalue weighted by Gasteiger charge is -2.12. The maximum Gasteiger partial charge on any atom is 0.135 e. The van der Waals surface area contributed by atoms with Crippen LogP contribution >= 0.6 is 23.6 Å². The van der Waals surface area contributed by atoms with E-state index in [2.05, 4.69) is 10.3 Å². The molecule has 0 atom stereocenters. The summed E-state index contributed by atoms with van der Waals surface area (Å²) in [5, 5.41) is 3.15. The summed E-state index contributed by atoms with van der Waals surface area (Å²) in [6.07, 6.45) is 0. The molecule has 0 unspecified atom stereocenters. The maximum absolute atomic E-state index is 13.8. The Bertz CT molecular complexity index is 798. The number of hydrogen-bond acceptors (Lipinski definition) is 4. The molecular formula is C14H10FN3S2. The van der Waals surface area contributed by atoms with Crippen LogP contribution in [-0.4, -0.2) is 9.97 Å². The molecule has 1 heterocycles. The van der Waals surface area contributed by atoms with E-state index >= 15 is 0 Å². The molecular weight excluding hydrogens is 293 g/mol. The zero-order valence-electron chi connectivity index (χ0n) is 10.3. The van der Waals surface area contributed by atoms with Crippen molar-refractivity contribution in [3.8, 4) is 0 Å². The van der Waals surface area contributed by atoms with Crippen molar-refractivity contribution in [2.24, 2.45) is 5.73 Å². The molecule has 3 aromatic rings. The molecule has 0 fully saturated rings. The second-order valence-electron chi connectivity index (χ2n) is 4.19. The summed E-state index contributed by atoms with van der Waals surface area (Å²) in [6.45, 7) is 0. The minimum Gasteiger partial charge on any atom is -0.389 e. The van der Waals surface area contributed by atoms with Crippen molar-refractivity contribution < 1.29 is 4.39 Å². The van der Waals surface area contributed by atoms with Gasteiger partial charge in [0.1, 0.15) is 10.8 Å². The largest absolute Gasteiger partial charge is 0.389 e. The van der Waals surface area contributed by atoms with E-state index in [0.717, 1.165) is 15.9 Å². The molecule has 1 aromatic heterocycles. The predicted molar refractivity (Wildman–Crippen MR) is 85.2 cm³/mol. The highest BCUT2D eigenvalue weighted by molar-refractivity contribution is 7.80. The van der Waals surface area contributed by atoms with Crippen LogP contribution in [0.3, 0.4) is 0 Å². The van der Waals surface area contributed by atoms with E-state index in [9.17, 15) is 4.39 Å². The van der Waals surface area contributed by atoms with Crippen molar-refractivity contribution in [3.05, 3.63) is 53.3 Å². The second-order valence-corrected chi connectivity index (χ2v) is 5.51. The first kappa shape index (κ1) is 13.0. The summed E-state index contributed by atoms with van der Waals surface area (Å²) in [5.41, 5.74) is 9.94. The van der Waals surface area contributed by atoms with Gasteiger partial charge >= 0.3 is 0 Å². The first-order valence-corrected chi connectivity index (χ1v) is 7.12. The summed E-state index contributed by atoms with van der Waals surface area (Å²) in [6, 6.07) is 10.5. The highest BCUT2D eigenvalue weighted by Crippen LogP contribution is 2.27. The molecule has 0 saturated heterocycles. The number of rotatable bonds is 3. The number of halogens is 1. The highest BCUT2D eigenvalue weighted by Gasteiger charge is 2.11. The van der Waals surface area contributed by atoms with Gasteiger partial charge in [0.05, 0.1) is 27.0 Å².